The number of carbonyl (C=O) groups excluding carboxylic acids is 1. The molecule has 0 spiro atoms. The van der Waals surface area contributed by atoms with Crippen LogP contribution in [-0.2, 0) is 16.0 Å². The summed E-state index contributed by atoms with van der Waals surface area (Å²) in [5, 5.41) is 7.50. The van der Waals surface area contributed by atoms with Crippen LogP contribution in [0.25, 0.3) is 5.78 Å². The summed E-state index contributed by atoms with van der Waals surface area (Å²) in [6, 6.07) is 10.2. The Bertz CT molecular complexity index is 998. The van der Waals surface area contributed by atoms with Crippen LogP contribution in [0.1, 0.15) is 35.0 Å². The van der Waals surface area contributed by atoms with Gasteiger partial charge in [0.1, 0.15) is 32.0 Å². The first-order valence-corrected chi connectivity index (χ1v) is 10.5. The number of aryl methyl sites for hydroxylation is 2. The molecule has 1 saturated heterocycles. The molecule has 1 amide bonds. The molecule has 3 aromatic rings. The molecule has 1 aliphatic rings. The Kier molecular flexibility index (Phi) is 6.35. The third kappa shape index (κ3) is 4.66. The summed E-state index contributed by atoms with van der Waals surface area (Å²) in [7, 11) is 0. The molecule has 0 unspecified atom stereocenters. The Balaban J connectivity index is 1.43. The van der Waals surface area contributed by atoms with Gasteiger partial charge in [-0.15, -0.1) is 0 Å². The number of fused-ring (bicyclic) bond motifs is 1. The van der Waals surface area contributed by atoms with Gasteiger partial charge in [-0.3, -0.25) is 4.79 Å². The highest BCUT2D eigenvalue weighted by Crippen LogP contribution is 2.16. The van der Waals surface area contributed by atoms with Crippen molar-refractivity contribution in [1.82, 2.24) is 24.9 Å². The molecule has 1 fully saturated rings. The number of quaternary nitrogens is 1. The van der Waals surface area contributed by atoms with Gasteiger partial charge in [-0.25, -0.2) is 9.50 Å². The van der Waals surface area contributed by atoms with Crippen molar-refractivity contribution in [3.63, 3.8) is 0 Å². The van der Waals surface area contributed by atoms with E-state index in [1.807, 2.05) is 32.0 Å². The molecule has 8 heteroatoms. The Labute approximate surface area is 176 Å². The van der Waals surface area contributed by atoms with Crippen molar-refractivity contribution in [2.75, 3.05) is 32.8 Å². The molecule has 30 heavy (non-hydrogen) atoms. The maximum Gasteiger partial charge on any atom is 0.252 e. The highest BCUT2D eigenvalue weighted by molar-refractivity contribution is 5.76. The summed E-state index contributed by atoms with van der Waals surface area (Å²) < 4.78 is 7.21. The second kappa shape index (κ2) is 9.32. The lowest BCUT2D eigenvalue weighted by atomic mass is 10.0. The fourth-order valence-corrected chi connectivity index (χ4v) is 4.11. The number of benzene rings is 1. The van der Waals surface area contributed by atoms with Crippen LogP contribution in [0.2, 0.25) is 0 Å². The van der Waals surface area contributed by atoms with E-state index in [1.165, 1.54) is 11.2 Å². The van der Waals surface area contributed by atoms with E-state index < -0.39 is 0 Å². The largest absolute Gasteiger partial charge is 0.370 e. The Morgan fingerprint density at radius 2 is 2.00 bits per heavy atom. The zero-order chi connectivity index (χ0) is 20.9. The van der Waals surface area contributed by atoms with Crippen LogP contribution in [0.5, 0.6) is 0 Å². The van der Waals surface area contributed by atoms with Crippen LogP contribution >= 0.6 is 0 Å². The lowest BCUT2D eigenvalue weighted by Crippen LogP contribution is -3.14. The Hall–Kier alpha value is -2.84. The number of aromatic nitrogens is 4. The third-order valence-electron chi connectivity index (χ3n) is 5.82. The third-order valence-corrected chi connectivity index (χ3v) is 5.82. The number of morpholine rings is 1. The van der Waals surface area contributed by atoms with Gasteiger partial charge in [0, 0.05) is 17.8 Å². The number of hydrogen-bond acceptors (Lipinski definition) is 5. The second-order valence-corrected chi connectivity index (χ2v) is 7.83. The SMILES string of the molecule is Cc1nc2ncnn2c(C)c1CCC(=O)N[C@@H](C[NH+]1CCOCC1)c1ccccc1. The maximum absolute atomic E-state index is 12.9. The summed E-state index contributed by atoms with van der Waals surface area (Å²) in [5.41, 5.74) is 4.08. The fraction of sp³-hybridized carbons (Fsp3) is 0.455. The van der Waals surface area contributed by atoms with E-state index in [4.69, 9.17) is 4.74 Å². The van der Waals surface area contributed by atoms with Crippen LogP contribution in [0, 0.1) is 13.8 Å². The first-order chi connectivity index (χ1) is 14.6. The summed E-state index contributed by atoms with van der Waals surface area (Å²) in [5.74, 6) is 0.643. The summed E-state index contributed by atoms with van der Waals surface area (Å²) in [6.45, 7) is 8.33. The zero-order valence-corrected chi connectivity index (χ0v) is 17.6. The fourth-order valence-electron chi connectivity index (χ4n) is 4.11. The van der Waals surface area contributed by atoms with Gasteiger partial charge in [-0.05, 0) is 31.4 Å². The quantitative estimate of drug-likeness (QED) is 0.592. The molecule has 0 aliphatic carbocycles. The van der Waals surface area contributed by atoms with E-state index in [0.717, 1.165) is 55.4 Å². The lowest BCUT2D eigenvalue weighted by Gasteiger charge is -2.28. The molecule has 158 valence electrons. The molecular formula is C22H29N6O2+. The van der Waals surface area contributed by atoms with Gasteiger partial charge < -0.3 is 15.0 Å². The van der Waals surface area contributed by atoms with E-state index in [0.29, 0.717) is 18.6 Å². The van der Waals surface area contributed by atoms with Crippen LogP contribution in [0.3, 0.4) is 0 Å². The maximum atomic E-state index is 12.9. The average Bonchev–Trinajstić information content (AvgIpc) is 3.23. The van der Waals surface area contributed by atoms with E-state index >= 15 is 0 Å². The first kappa shape index (κ1) is 20.4. The standard InChI is InChI=1S/C22H28N6O2/c1-16-19(17(2)28-22(25-16)23-15-24-28)8-9-21(29)26-20(18-6-4-3-5-7-18)14-27-10-12-30-13-11-27/h3-7,15,20H,8-14H2,1-2H3,(H,26,29)/p+1/t20-/m0/s1. The predicted molar refractivity (Wildman–Crippen MR) is 112 cm³/mol. The normalized spacial score (nSPS) is 15.9. The number of ether oxygens (including phenoxy) is 1. The molecule has 2 N–H and O–H groups in total. The second-order valence-electron chi connectivity index (χ2n) is 7.83. The molecule has 1 atom stereocenters. The monoisotopic (exact) mass is 409 g/mol. The minimum atomic E-state index is -0.00934. The Morgan fingerprint density at radius 1 is 1.23 bits per heavy atom. The highest BCUT2D eigenvalue weighted by atomic mass is 16.5. The van der Waals surface area contributed by atoms with Crippen LogP contribution in [0.4, 0.5) is 0 Å². The Morgan fingerprint density at radius 3 is 2.77 bits per heavy atom. The van der Waals surface area contributed by atoms with E-state index in [-0.39, 0.29) is 11.9 Å². The van der Waals surface area contributed by atoms with Gasteiger partial charge in [0.15, 0.2) is 0 Å². The van der Waals surface area contributed by atoms with Crippen molar-refractivity contribution >= 4 is 11.7 Å². The smallest absolute Gasteiger partial charge is 0.252 e. The highest BCUT2D eigenvalue weighted by Gasteiger charge is 2.23. The molecule has 2 aromatic heterocycles. The number of hydrogen-bond donors (Lipinski definition) is 2. The lowest BCUT2D eigenvalue weighted by molar-refractivity contribution is -0.909. The summed E-state index contributed by atoms with van der Waals surface area (Å²) >= 11 is 0. The predicted octanol–water partition coefficient (Wildman–Crippen LogP) is 0.446. The van der Waals surface area contributed by atoms with Gasteiger partial charge in [0.25, 0.3) is 5.78 Å². The van der Waals surface area contributed by atoms with E-state index in [1.54, 1.807) is 4.52 Å². The summed E-state index contributed by atoms with van der Waals surface area (Å²) in [4.78, 5) is 23.0. The number of nitrogens with zero attached hydrogens (tertiary/aromatic N) is 4. The number of nitrogens with one attached hydrogen (secondary N) is 2. The van der Waals surface area contributed by atoms with Crippen LogP contribution in [0.15, 0.2) is 36.7 Å². The molecule has 8 nitrogen and oxygen atoms in total. The molecule has 3 heterocycles. The van der Waals surface area contributed by atoms with Crippen molar-refractivity contribution in [1.29, 1.82) is 0 Å². The number of carbonyl (C=O) groups is 1. The molecule has 0 saturated carbocycles. The first-order valence-electron chi connectivity index (χ1n) is 10.5. The van der Waals surface area contributed by atoms with Gasteiger partial charge in [0.05, 0.1) is 13.2 Å². The van der Waals surface area contributed by atoms with Gasteiger partial charge in [-0.1, -0.05) is 30.3 Å². The molecular weight excluding hydrogens is 380 g/mol. The molecule has 1 aliphatic heterocycles. The number of amides is 1. The average molecular weight is 410 g/mol. The van der Waals surface area contributed by atoms with Crippen molar-refractivity contribution in [3.05, 3.63) is 59.2 Å². The summed E-state index contributed by atoms with van der Waals surface area (Å²) in [6.07, 6.45) is 2.53. The zero-order valence-electron chi connectivity index (χ0n) is 17.6. The van der Waals surface area contributed by atoms with E-state index in [9.17, 15) is 4.79 Å². The minimum absolute atomic E-state index is 0.00934. The molecule has 0 bridgehead atoms. The van der Waals surface area contributed by atoms with E-state index in [2.05, 4.69) is 32.5 Å². The van der Waals surface area contributed by atoms with Gasteiger partial charge in [0.2, 0.25) is 5.91 Å². The molecule has 0 radical (unpaired) electrons. The van der Waals surface area contributed by atoms with Crippen molar-refractivity contribution in [2.45, 2.75) is 32.7 Å². The molecule has 4 rings (SSSR count). The topological polar surface area (TPSA) is 85.8 Å². The van der Waals surface area contributed by atoms with Crippen molar-refractivity contribution < 1.29 is 14.4 Å². The van der Waals surface area contributed by atoms with Crippen LogP contribution < -0.4 is 10.2 Å². The van der Waals surface area contributed by atoms with Crippen molar-refractivity contribution in [3.8, 4) is 0 Å². The minimum Gasteiger partial charge on any atom is -0.370 e. The number of rotatable bonds is 7. The molecule has 1 aromatic carbocycles. The van der Waals surface area contributed by atoms with Gasteiger partial charge >= 0.3 is 0 Å². The van der Waals surface area contributed by atoms with Crippen molar-refractivity contribution in [2.24, 2.45) is 0 Å². The van der Waals surface area contributed by atoms with Gasteiger partial charge in [-0.2, -0.15) is 10.1 Å². The van der Waals surface area contributed by atoms with Crippen LogP contribution in [-0.4, -0.2) is 58.3 Å².